The van der Waals surface area contributed by atoms with Gasteiger partial charge in [0.2, 0.25) is 5.43 Å². The molecule has 0 saturated heterocycles. The fourth-order valence-corrected chi connectivity index (χ4v) is 4.53. The molecule has 1 aromatic heterocycles. The van der Waals surface area contributed by atoms with Crippen LogP contribution in [0.3, 0.4) is 0 Å². The van der Waals surface area contributed by atoms with E-state index in [4.69, 9.17) is 0 Å². The minimum atomic E-state index is -1.22. The summed E-state index contributed by atoms with van der Waals surface area (Å²) in [5, 5.41) is 23.6. The van der Waals surface area contributed by atoms with Gasteiger partial charge in [-0.3, -0.25) is 14.4 Å². The molecule has 3 N–H and O–H groups in total. The first kappa shape index (κ1) is 21.0. The highest BCUT2D eigenvalue weighted by Crippen LogP contribution is 2.45. The normalized spacial score (nSPS) is 21.9. The lowest BCUT2D eigenvalue weighted by Crippen LogP contribution is -2.52. The molecule has 0 fully saturated rings. The summed E-state index contributed by atoms with van der Waals surface area (Å²) in [7, 11) is 0. The van der Waals surface area contributed by atoms with Crippen molar-refractivity contribution in [1.29, 1.82) is 0 Å². The number of rotatable bonds is 4. The molecule has 1 unspecified atom stereocenters. The van der Waals surface area contributed by atoms with E-state index in [1.54, 1.807) is 13.8 Å². The first-order chi connectivity index (χ1) is 14.6. The van der Waals surface area contributed by atoms with Crippen molar-refractivity contribution in [2.24, 2.45) is 0 Å². The van der Waals surface area contributed by atoms with Crippen molar-refractivity contribution >= 4 is 11.8 Å². The first-order valence-corrected chi connectivity index (χ1v) is 9.81. The van der Waals surface area contributed by atoms with E-state index < -0.39 is 51.8 Å². The van der Waals surface area contributed by atoms with Crippen LogP contribution in [0.5, 0.6) is 5.75 Å². The summed E-state index contributed by atoms with van der Waals surface area (Å²) in [4.78, 5) is 40.0. The minimum absolute atomic E-state index is 0.00684. The number of aromatic hydroxyl groups is 1. The number of carbonyl (C=O) groups excluding carboxylic acids is 2. The van der Waals surface area contributed by atoms with Crippen molar-refractivity contribution in [3.05, 3.63) is 62.6 Å². The number of halogens is 2. The molecule has 0 aliphatic carbocycles. The fraction of sp³-hybridized carbons (Fsp3) is 0.381. The number of carbonyl (C=O) groups is 2. The maximum Gasteiger partial charge on any atom is 0.274 e. The van der Waals surface area contributed by atoms with E-state index >= 15 is 0 Å². The zero-order chi connectivity index (χ0) is 22.7. The van der Waals surface area contributed by atoms with Gasteiger partial charge in [-0.05, 0) is 19.9 Å². The predicted molar refractivity (Wildman–Crippen MR) is 105 cm³/mol. The van der Waals surface area contributed by atoms with Crippen LogP contribution in [0.2, 0.25) is 0 Å². The van der Waals surface area contributed by atoms with Crippen LogP contribution in [0, 0.1) is 11.6 Å². The van der Waals surface area contributed by atoms with Gasteiger partial charge in [0.25, 0.3) is 11.8 Å². The summed E-state index contributed by atoms with van der Waals surface area (Å²) in [6.45, 7) is 3.77. The van der Waals surface area contributed by atoms with E-state index in [9.17, 15) is 33.4 Å². The highest BCUT2D eigenvalue weighted by Gasteiger charge is 2.50. The lowest BCUT2D eigenvalue weighted by atomic mass is 9.94. The Morgan fingerprint density at radius 2 is 2.03 bits per heavy atom. The smallest absolute Gasteiger partial charge is 0.274 e. The Hall–Kier alpha value is -3.27. The third-order valence-electron chi connectivity index (χ3n) is 5.96. The molecule has 0 bridgehead atoms. The molecule has 2 atom stereocenters. The standard InChI is InChI=1S/C21H21F2N3O5/c1-3-25-9-21(2)7-13(27)15-14(17(28)18(29)16(20(25)31)26(15)21)19(30)24-8-10-4-5-11(22)6-12(10)23/h4-6,13,27,29H,3,7-9H2,1-2H3,(H,24,30)/t13?,21-/m0/s1. The maximum atomic E-state index is 13.9. The van der Waals surface area contributed by atoms with Gasteiger partial charge in [0, 0.05) is 37.7 Å². The molecule has 3 heterocycles. The van der Waals surface area contributed by atoms with E-state index in [1.807, 2.05) is 0 Å². The van der Waals surface area contributed by atoms with Crippen LogP contribution < -0.4 is 10.7 Å². The maximum absolute atomic E-state index is 13.9. The topological polar surface area (TPSA) is 112 Å². The zero-order valence-corrected chi connectivity index (χ0v) is 16.9. The lowest BCUT2D eigenvalue weighted by molar-refractivity contribution is 0.0559. The van der Waals surface area contributed by atoms with Crippen molar-refractivity contribution in [2.75, 3.05) is 13.1 Å². The molecule has 2 amide bonds. The number of likely N-dealkylation sites (N-methyl/N-ethyl adjacent to an activating group) is 1. The van der Waals surface area contributed by atoms with Crippen LogP contribution in [0.4, 0.5) is 8.78 Å². The zero-order valence-electron chi connectivity index (χ0n) is 16.9. The van der Waals surface area contributed by atoms with E-state index in [1.165, 1.54) is 9.47 Å². The molecule has 0 spiro atoms. The molecule has 10 heteroatoms. The van der Waals surface area contributed by atoms with Crippen molar-refractivity contribution in [1.82, 2.24) is 14.8 Å². The molecular formula is C21H21F2N3O5. The van der Waals surface area contributed by atoms with Crippen molar-refractivity contribution in [3.8, 4) is 5.75 Å². The Balaban J connectivity index is 1.79. The summed E-state index contributed by atoms with van der Waals surface area (Å²) < 4.78 is 28.3. The van der Waals surface area contributed by atoms with Crippen LogP contribution in [-0.4, -0.2) is 44.6 Å². The molecule has 4 rings (SSSR count). The third kappa shape index (κ3) is 3.09. The summed E-state index contributed by atoms with van der Waals surface area (Å²) >= 11 is 0. The second-order valence-corrected chi connectivity index (χ2v) is 8.08. The van der Waals surface area contributed by atoms with Crippen LogP contribution in [0.15, 0.2) is 23.0 Å². The van der Waals surface area contributed by atoms with Gasteiger partial charge in [-0.15, -0.1) is 0 Å². The predicted octanol–water partition coefficient (Wildman–Crippen LogP) is 1.39. The highest BCUT2D eigenvalue weighted by molar-refractivity contribution is 6.00. The number of amides is 2. The molecule has 2 aromatic rings. The number of pyridine rings is 1. The average Bonchev–Trinajstić information content (AvgIpc) is 2.96. The largest absolute Gasteiger partial charge is 0.503 e. The fourth-order valence-electron chi connectivity index (χ4n) is 4.53. The number of aliphatic hydroxyl groups is 1. The molecular weight excluding hydrogens is 412 g/mol. The summed E-state index contributed by atoms with van der Waals surface area (Å²) in [6, 6.07) is 2.86. The molecule has 31 heavy (non-hydrogen) atoms. The van der Waals surface area contributed by atoms with E-state index in [0.717, 1.165) is 12.1 Å². The SMILES string of the molecule is CCN1C[C@]2(C)CC(O)c3c(C(=O)NCc4ccc(F)cc4F)c(=O)c(O)c(n32)C1=O. The van der Waals surface area contributed by atoms with Gasteiger partial charge < -0.3 is 25.0 Å². The van der Waals surface area contributed by atoms with Gasteiger partial charge >= 0.3 is 0 Å². The number of nitrogens with zero attached hydrogens (tertiary/aromatic N) is 2. The van der Waals surface area contributed by atoms with E-state index in [0.29, 0.717) is 12.6 Å². The third-order valence-corrected chi connectivity index (χ3v) is 5.96. The second kappa shape index (κ2) is 7.16. The minimum Gasteiger partial charge on any atom is -0.503 e. The van der Waals surface area contributed by atoms with Crippen molar-refractivity contribution < 1.29 is 28.6 Å². The summed E-state index contributed by atoms with van der Waals surface area (Å²) in [6.07, 6.45) is -1.08. The van der Waals surface area contributed by atoms with Crippen LogP contribution in [-0.2, 0) is 12.1 Å². The summed E-state index contributed by atoms with van der Waals surface area (Å²) in [5.41, 5.74) is -2.73. The second-order valence-electron chi connectivity index (χ2n) is 8.08. The quantitative estimate of drug-likeness (QED) is 0.675. The molecule has 0 saturated carbocycles. The molecule has 164 valence electrons. The highest BCUT2D eigenvalue weighted by atomic mass is 19.1. The first-order valence-electron chi connectivity index (χ1n) is 9.81. The number of aromatic nitrogens is 1. The Bertz CT molecular complexity index is 1180. The Morgan fingerprint density at radius 3 is 2.68 bits per heavy atom. The Kier molecular flexibility index (Phi) is 4.84. The van der Waals surface area contributed by atoms with Gasteiger partial charge in [-0.2, -0.15) is 0 Å². The van der Waals surface area contributed by atoms with Gasteiger partial charge in [-0.1, -0.05) is 6.07 Å². The van der Waals surface area contributed by atoms with Gasteiger partial charge in [0.15, 0.2) is 11.4 Å². The molecule has 1 aromatic carbocycles. The van der Waals surface area contributed by atoms with Crippen molar-refractivity contribution in [3.63, 3.8) is 0 Å². The van der Waals surface area contributed by atoms with E-state index in [-0.39, 0.29) is 36.5 Å². The number of aliphatic hydroxyl groups excluding tert-OH is 1. The van der Waals surface area contributed by atoms with Crippen LogP contribution in [0.25, 0.3) is 0 Å². The van der Waals surface area contributed by atoms with Crippen molar-refractivity contribution in [2.45, 2.75) is 38.5 Å². The van der Waals surface area contributed by atoms with E-state index in [2.05, 4.69) is 5.32 Å². The van der Waals surface area contributed by atoms with Crippen LogP contribution in [0.1, 0.15) is 58.5 Å². The summed E-state index contributed by atoms with van der Waals surface area (Å²) in [5.74, 6) is -4.02. The molecule has 2 aliphatic rings. The van der Waals surface area contributed by atoms with Gasteiger partial charge in [0.1, 0.15) is 17.2 Å². The lowest BCUT2D eigenvalue weighted by Gasteiger charge is -2.40. The number of hydrogen-bond donors (Lipinski definition) is 3. The molecule has 8 nitrogen and oxygen atoms in total. The Morgan fingerprint density at radius 1 is 1.32 bits per heavy atom. The average molecular weight is 433 g/mol. The number of hydrogen-bond acceptors (Lipinski definition) is 5. The molecule has 0 radical (unpaired) electrons. The monoisotopic (exact) mass is 433 g/mol. The van der Waals surface area contributed by atoms with Gasteiger partial charge in [-0.25, -0.2) is 8.78 Å². The Labute approximate surface area is 175 Å². The molecule has 2 aliphatic heterocycles. The number of nitrogens with one attached hydrogen (secondary N) is 1. The number of benzene rings is 1. The van der Waals surface area contributed by atoms with Crippen LogP contribution >= 0.6 is 0 Å². The van der Waals surface area contributed by atoms with Gasteiger partial charge in [0.05, 0.1) is 17.3 Å².